The number of nitrogens with zero attached hydrogens (tertiary/aromatic N) is 3. The van der Waals surface area contributed by atoms with Gasteiger partial charge in [0.15, 0.2) is 16.9 Å². The molecular formula is C10H13N5O3S. The highest BCUT2D eigenvalue weighted by molar-refractivity contribution is 7.99. The maximum atomic E-state index is 11.7. The van der Waals surface area contributed by atoms with Gasteiger partial charge in [0.25, 0.3) is 5.56 Å². The SMILES string of the molecule is Nc1nc2c(ncn2[C@]2(CO)CSCCO2)c(=O)[nH]1. The molecule has 1 fully saturated rings. The van der Waals surface area contributed by atoms with Crippen LogP contribution in [0.5, 0.6) is 0 Å². The van der Waals surface area contributed by atoms with Crippen LogP contribution < -0.4 is 11.3 Å². The summed E-state index contributed by atoms with van der Waals surface area (Å²) in [5.74, 6) is 1.43. The molecule has 1 aliphatic heterocycles. The lowest BCUT2D eigenvalue weighted by molar-refractivity contribution is -0.117. The Bertz CT molecular complexity index is 661. The van der Waals surface area contributed by atoms with E-state index in [2.05, 4.69) is 15.0 Å². The summed E-state index contributed by atoms with van der Waals surface area (Å²) in [6.07, 6.45) is 1.45. The number of imidazole rings is 1. The van der Waals surface area contributed by atoms with Gasteiger partial charge in [-0.1, -0.05) is 0 Å². The molecule has 19 heavy (non-hydrogen) atoms. The fourth-order valence-electron chi connectivity index (χ4n) is 2.10. The minimum absolute atomic E-state index is 0.0100. The molecule has 2 aromatic heterocycles. The number of thioether (sulfide) groups is 1. The largest absolute Gasteiger partial charge is 0.391 e. The summed E-state index contributed by atoms with van der Waals surface area (Å²) >= 11 is 1.66. The summed E-state index contributed by atoms with van der Waals surface area (Å²) < 4.78 is 7.29. The highest BCUT2D eigenvalue weighted by Crippen LogP contribution is 2.30. The van der Waals surface area contributed by atoms with Crippen LogP contribution in [0.2, 0.25) is 0 Å². The molecule has 1 aliphatic rings. The van der Waals surface area contributed by atoms with Crippen LogP contribution in [-0.4, -0.2) is 49.3 Å². The lowest BCUT2D eigenvalue weighted by Crippen LogP contribution is -2.45. The molecule has 0 saturated carbocycles. The van der Waals surface area contributed by atoms with Crippen molar-refractivity contribution in [1.29, 1.82) is 0 Å². The summed E-state index contributed by atoms with van der Waals surface area (Å²) in [6.45, 7) is 0.295. The molecule has 0 radical (unpaired) electrons. The molecule has 1 atom stereocenters. The van der Waals surface area contributed by atoms with E-state index >= 15 is 0 Å². The zero-order valence-corrected chi connectivity index (χ0v) is 10.8. The second kappa shape index (κ2) is 4.51. The number of aromatic amines is 1. The summed E-state index contributed by atoms with van der Waals surface area (Å²) in [4.78, 5) is 22.2. The molecular weight excluding hydrogens is 270 g/mol. The maximum absolute atomic E-state index is 11.7. The predicted molar refractivity (Wildman–Crippen MR) is 70.9 cm³/mol. The predicted octanol–water partition coefficient (Wildman–Crippen LogP) is -0.890. The van der Waals surface area contributed by atoms with Crippen LogP contribution in [0.4, 0.5) is 5.95 Å². The van der Waals surface area contributed by atoms with Crippen LogP contribution in [0.15, 0.2) is 11.1 Å². The lowest BCUT2D eigenvalue weighted by atomic mass is 10.2. The maximum Gasteiger partial charge on any atom is 0.280 e. The fourth-order valence-corrected chi connectivity index (χ4v) is 3.07. The smallest absolute Gasteiger partial charge is 0.280 e. The highest BCUT2D eigenvalue weighted by atomic mass is 32.2. The number of nitrogens with one attached hydrogen (secondary N) is 1. The Hall–Kier alpha value is -1.58. The first-order valence-corrected chi connectivity index (χ1v) is 6.88. The van der Waals surface area contributed by atoms with Gasteiger partial charge in [0.2, 0.25) is 5.95 Å². The molecule has 0 bridgehead atoms. The van der Waals surface area contributed by atoms with Gasteiger partial charge in [0, 0.05) is 11.5 Å². The Labute approximate surface area is 112 Å². The van der Waals surface area contributed by atoms with Crippen LogP contribution in [0.3, 0.4) is 0 Å². The molecule has 0 aromatic carbocycles. The van der Waals surface area contributed by atoms with E-state index in [0.717, 1.165) is 5.75 Å². The van der Waals surface area contributed by atoms with Crippen molar-refractivity contribution < 1.29 is 9.84 Å². The van der Waals surface area contributed by atoms with E-state index in [0.29, 0.717) is 18.0 Å². The van der Waals surface area contributed by atoms with Gasteiger partial charge >= 0.3 is 0 Å². The van der Waals surface area contributed by atoms with E-state index in [-0.39, 0.29) is 18.1 Å². The first kappa shape index (κ1) is 12.5. The van der Waals surface area contributed by atoms with Gasteiger partial charge in [0.05, 0.1) is 19.5 Å². The third-order valence-electron chi connectivity index (χ3n) is 3.04. The van der Waals surface area contributed by atoms with E-state index < -0.39 is 11.3 Å². The monoisotopic (exact) mass is 283 g/mol. The Morgan fingerprint density at radius 2 is 2.53 bits per heavy atom. The van der Waals surface area contributed by atoms with Gasteiger partial charge in [-0.2, -0.15) is 16.7 Å². The van der Waals surface area contributed by atoms with Crippen molar-refractivity contribution in [3.8, 4) is 0 Å². The average Bonchev–Trinajstić information content (AvgIpc) is 2.84. The zero-order valence-electron chi connectivity index (χ0n) is 10.00. The van der Waals surface area contributed by atoms with Gasteiger partial charge < -0.3 is 15.6 Å². The number of nitrogen functional groups attached to an aromatic ring is 1. The van der Waals surface area contributed by atoms with E-state index in [1.165, 1.54) is 6.33 Å². The molecule has 2 aromatic rings. The quantitative estimate of drug-likeness (QED) is 0.654. The third-order valence-corrected chi connectivity index (χ3v) is 4.15. The second-order valence-corrected chi connectivity index (χ2v) is 5.35. The fraction of sp³-hybridized carbons (Fsp3) is 0.500. The molecule has 0 amide bonds. The van der Waals surface area contributed by atoms with Crippen molar-refractivity contribution in [3.63, 3.8) is 0 Å². The number of H-pyrrole nitrogens is 1. The number of nitrogens with two attached hydrogens (primary N) is 1. The Balaban J connectivity index is 2.21. The van der Waals surface area contributed by atoms with Crippen molar-refractivity contribution in [3.05, 3.63) is 16.7 Å². The molecule has 3 rings (SSSR count). The van der Waals surface area contributed by atoms with Crippen LogP contribution in [0, 0.1) is 0 Å². The average molecular weight is 283 g/mol. The minimum Gasteiger partial charge on any atom is -0.391 e. The standard InChI is InChI=1S/C10H13N5O3S/c11-9-13-7-6(8(17)14-9)12-5-15(7)10(3-16)4-19-2-1-18-10/h5,16H,1-4H2,(H3,11,13,14,17)/t10-/m0/s1. The molecule has 102 valence electrons. The number of fused-ring (bicyclic) bond motifs is 1. The topological polar surface area (TPSA) is 119 Å². The molecule has 0 spiro atoms. The van der Waals surface area contributed by atoms with Crippen molar-refractivity contribution in [2.24, 2.45) is 0 Å². The molecule has 9 heteroatoms. The first-order valence-electron chi connectivity index (χ1n) is 5.72. The third kappa shape index (κ3) is 1.90. The van der Waals surface area contributed by atoms with Crippen LogP contribution in [-0.2, 0) is 10.5 Å². The molecule has 4 N–H and O–H groups in total. The number of ether oxygens (including phenoxy) is 1. The lowest BCUT2D eigenvalue weighted by Gasteiger charge is -2.36. The van der Waals surface area contributed by atoms with Gasteiger partial charge in [-0.05, 0) is 0 Å². The van der Waals surface area contributed by atoms with Crippen molar-refractivity contribution in [2.45, 2.75) is 5.72 Å². The molecule has 8 nitrogen and oxygen atoms in total. The first-order chi connectivity index (χ1) is 9.16. The van der Waals surface area contributed by atoms with Gasteiger partial charge in [-0.3, -0.25) is 14.3 Å². The molecule has 1 saturated heterocycles. The summed E-state index contributed by atoms with van der Waals surface area (Å²) in [5, 5.41) is 9.68. The summed E-state index contributed by atoms with van der Waals surface area (Å²) in [7, 11) is 0. The number of aliphatic hydroxyl groups excluding tert-OH is 1. The van der Waals surface area contributed by atoms with Crippen molar-refractivity contribution in [1.82, 2.24) is 19.5 Å². The number of hydrogen-bond donors (Lipinski definition) is 3. The number of anilines is 1. The number of rotatable bonds is 2. The molecule has 0 unspecified atom stereocenters. The van der Waals surface area contributed by atoms with Crippen LogP contribution in [0.1, 0.15) is 0 Å². The van der Waals surface area contributed by atoms with Crippen molar-refractivity contribution >= 4 is 28.9 Å². The minimum atomic E-state index is -0.940. The van der Waals surface area contributed by atoms with Crippen molar-refractivity contribution in [2.75, 3.05) is 30.5 Å². The van der Waals surface area contributed by atoms with Crippen LogP contribution >= 0.6 is 11.8 Å². The summed E-state index contributed by atoms with van der Waals surface area (Å²) in [6, 6.07) is 0. The van der Waals surface area contributed by atoms with E-state index in [9.17, 15) is 9.90 Å². The summed E-state index contributed by atoms with van der Waals surface area (Å²) in [5.41, 5.74) is 4.71. The number of hydrogen-bond acceptors (Lipinski definition) is 7. The number of aliphatic hydroxyl groups is 1. The molecule has 0 aliphatic carbocycles. The normalized spacial score (nSPS) is 23.8. The number of aromatic nitrogens is 4. The Morgan fingerprint density at radius 3 is 3.21 bits per heavy atom. The van der Waals surface area contributed by atoms with Crippen LogP contribution in [0.25, 0.3) is 11.2 Å². The second-order valence-electron chi connectivity index (χ2n) is 4.24. The van der Waals surface area contributed by atoms with E-state index in [1.54, 1.807) is 16.3 Å². The van der Waals surface area contributed by atoms with Gasteiger partial charge in [-0.25, -0.2) is 4.98 Å². The van der Waals surface area contributed by atoms with Gasteiger partial charge in [-0.15, -0.1) is 0 Å². The highest BCUT2D eigenvalue weighted by Gasteiger charge is 2.37. The van der Waals surface area contributed by atoms with Gasteiger partial charge in [0.1, 0.15) is 0 Å². The van der Waals surface area contributed by atoms with E-state index in [4.69, 9.17) is 10.5 Å². The van der Waals surface area contributed by atoms with E-state index in [1.807, 2.05) is 0 Å². The Morgan fingerprint density at radius 1 is 1.68 bits per heavy atom. The molecule has 3 heterocycles. The zero-order chi connectivity index (χ0) is 13.5. The Kier molecular flexibility index (Phi) is 2.96.